The van der Waals surface area contributed by atoms with Crippen molar-refractivity contribution >= 4 is 57.3 Å². The topological polar surface area (TPSA) is 51.2 Å². The zero-order valence-corrected chi connectivity index (χ0v) is 14.2. The van der Waals surface area contributed by atoms with Crippen LogP contribution in [0.5, 0.6) is 5.75 Å². The van der Waals surface area contributed by atoms with E-state index in [0.717, 1.165) is 11.4 Å². The van der Waals surface area contributed by atoms with Gasteiger partial charge in [0.25, 0.3) is 5.91 Å². The molecule has 1 N–H and O–H groups in total. The van der Waals surface area contributed by atoms with E-state index in [9.17, 15) is 4.79 Å². The molecule has 0 aliphatic rings. The van der Waals surface area contributed by atoms with Crippen molar-refractivity contribution < 1.29 is 9.53 Å². The summed E-state index contributed by atoms with van der Waals surface area (Å²) in [7, 11) is 0. The fraction of sp³-hybridized carbons (Fsp3) is 0.231. The lowest BCUT2D eigenvalue weighted by molar-refractivity contribution is -0.118. The number of ether oxygens (including phenoxy) is 1. The van der Waals surface area contributed by atoms with Crippen molar-refractivity contribution in [2.24, 2.45) is 0 Å². The summed E-state index contributed by atoms with van der Waals surface area (Å²) in [4.78, 5) is 16.1. The van der Waals surface area contributed by atoms with E-state index >= 15 is 0 Å². The van der Waals surface area contributed by atoms with Gasteiger partial charge in [-0.15, -0.1) is 11.3 Å². The van der Waals surface area contributed by atoms with Crippen LogP contribution in [0.1, 0.15) is 5.69 Å². The summed E-state index contributed by atoms with van der Waals surface area (Å²) in [6.07, 6.45) is 2.00. The van der Waals surface area contributed by atoms with Gasteiger partial charge in [-0.25, -0.2) is 4.98 Å². The molecule has 1 aromatic heterocycles. The lowest BCUT2D eigenvalue weighted by Gasteiger charge is -2.07. The van der Waals surface area contributed by atoms with Crippen LogP contribution in [-0.4, -0.2) is 23.8 Å². The molecule has 0 radical (unpaired) electrons. The van der Waals surface area contributed by atoms with E-state index in [1.54, 1.807) is 30.0 Å². The number of hydrogen-bond donors (Lipinski definition) is 1. The summed E-state index contributed by atoms with van der Waals surface area (Å²) < 4.78 is 5.35. The maximum Gasteiger partial charge on any atom is 0.264 e. The third-order valence-electron chi connectivity index (χ3n) is 2.34. The van der Waals surface area contributed by atoms with E-state index < -0.39 is 0 Å². The minimum atomic E-state index is -0.286. The average molecular weight is 363 g/mol. The second-order valence-corrected chi connectivity index (χ2v) is 6.56. The third-order valence-corrected chi connectivity index (χ3v) is 4.26. The molecule has 2 rings (SSSR count). The van der Waals surface area contributed by atoms with Crippen LogP contribution in [-0.2, 0) is 10.5 Å². The SMILES string of the molecule is CSCc1csc(NC(=O)COc2ccc(Cl)cc2Cl)n1. The van der Waals surface area contributed by atoms with Gasteiger partial charge >= 0.3 is 0 Å². The van der Waals surface area contributed by atoms with E-state index in [1.807, 2.05) is 11.6 Å². The fourth-order valence-corrected chi connectivity index (χ4v) is 3.21. The molecular weight excluding hydrogens is 351 g/mol. The van der Waals surface area contributed by atoms with E-state index in [2.05, 4.69) is 10.3 Å². The Morgan fingerprint density at radius 2 is 2.29 bits per heavy atom. The lowest BCUT2D eigenvalue weighted by Crippen LogP contribution is -2.20. The molecular formula is C13H12Cl2N2O2S2. The first-order valence-electron chi connectivity index (χ1n) is 5.89. The molecule has 112 valence electrons. The number of thioether (sulfide) groups is 1. The number of nitrogens with one attached hydrogen (secondary N) is 1. The number of carbonyl (C=O) groups is 1. The number of thiazole rings is 1. The first-order chi connectivity index (χ1) is 10.1. The summed E-state index contributed by atoms with van der Waals surface area (Å²) in [5.74, 6) is 0.952. The summed E-state index contributed by atoms with van der Waals surface area (Å²) in [5, 5.41) is 6.05. The molecule has 1 heterocycles. The molecule has 0 aliphatic carbocycles. The Morgan fingerprint density at radius 3 is 3.00 bits per heavy atom. The van der Waals surface area contributed by atoms with Crippen molar-refractivity contribution in [3.63, 3.8) is 0 Å². The lowest BCUT2D eigenvalue weighted by atomic mass is 10.3. The maximum absolute atomic E-state index is 11.8. The molecule has 0 saturated carbocycles. The van der Waals surface area contributed by atoms with Crippen LogP contribution in [0.25, 0.3) is 0 Å². The van der Waals surface area contributed by atoms with Crippen molar-refractivity contribution in [1.29, 1.82) is 0 Å². The fourth-order valence-electron chi connectivity index (χ4n) is 1.47. The number of carbonyl (C=O) groups excluding carboxylic acids is 1. The predicted octanol–water partition coefficient (Wildman–Crippen LogP) is 4.33. The molecule has 0 unspecified atom stereocenters. The van der Waals surface area contributed by atoms with Crippen LogP contribution in [0.4, 0.5) is 5.13 Å². The number of anilines is 1. The Morgan fingerprint density at radius 1 is 1.48 bits per heavy atom. The van der Waals surface area contributed by atoms with E-state index in [4.69, 9.17) is 27.9 Å². The second-order valence-electron chi connectivity index (χ2n) is 3.99. The molecule has 0 saturated heterocycles. The van der Waals surface area contributed by atoms with E-state index in [-0.39, 0.29) is 12.5 Å². The minimum Gasteiger partial charge on any atom is -0.482 e. The molecule has 1 amide bonds. The van der Waals surface area contributed by atoms with Crippen LogP contribution >= 0.6 is 46.3 Å². The maximum atomic E-state index is 11.8. The van der Waals surface area contributed by atoms with Gasteiger partial charge in [-0.1, -0.05) is 23.2 Å². The van der Waals surface area contributed by atoms with Crippen LogP contribution in [0.3, 0.4) is 0 Å². The average Bonchev–Trinajstić information content (AvgIpc) is 2.85. The van der Waals surface area contributed by atoms with E-state index in [0.29, 0.717) is 20.9 Å². The van der Waals surface area contributed by atoms with Gasteiger partial charge < -0.3 is 4.74 Å². The summed E-state index contributed by atoms with van der Waals surface area (Å²) in [6.45, 7) is -0.140. The molecule has 2 aromatic rings. The number of rotatable bonds is 6. The molecule has 0 spiro atoms. The molecule has 0 aliphatic heterocycles. The Balaban J connectivity index is 1.86. The van der Waals surface area contributed by atoms with Crippen LogP contribution in [0, 0.1) is 0 Å². The number of nitrogens with zero attached hydrogens (tertiary/aromatic N) is 1. The largest absolute Gasteiger partial charge is 0.482 e. The van der Waals surface area contributed by atoms with Crippen LogP contribution < -0.4 is 10.1 Å². The normalized spacial score (nSPS) is 10.4. The van der Waals surface area contributed by atoms with E-state index in [1.165, 1.54) is 11.3 Å². The Hall–Kier alpha value is -0.950. The number of aromatic nitrogens is 1. The zero-order chi connectivity index (χ0) is 15.2. The zero-order valence-electron chi connectivity index (χ0n) is 11.1. The van der Waals surface area contributed by atoms with Crippen molar-refractivity contribution in [3.05, 3.63) is 39.3 Å². The van der Waals surface area contributed by atoms with Gasteiger partial charge in [0.05, 0.1) is 10.7 Å². The highest BCUT2D eigenvalue weighted by atomic mass is 35.5. The number of amides is 1. The number of hydrogen-bond acceptors (Lipinski definition) is 5. The van der Waals surface area contributed by atoms with Gasteiger partial charge in [0, 0.05) is 16.2 Å². The van der Waals surface area contributed by atoms with Gasteiger partial charge in [-0.3, -0.25) is 10.1 Å². The molecule has 0 bridgehead atoms. The van der Waals surface area contributed by atoms with Gasteiger partial charge in [-0.05, 0) is 24.5 Å². The summed E-state index contributed by atoms with van der Waals surface area (Å²) >= 11 is 14.8. The Kier molecular flexibility index (Phi) is 6.17. The van der Waals surface area contributed by atoms with Crippen molar-refractivity contribution in [2.75, 3.05) is 18.2 Å². The van der Waals surface area contributed by atoms with Crippen molar-refractivity contribution in [3.8, 4) is 5.75 Å². The molecule has 4 nitrogen and oxygen atoms in total. The third kappa shape index (κ3) is 5.07. The highest BCUT2D eigenvalue weighted by Crippen LogP contribution is 2.27. The Labute approximate surface area is 140 Å². The number of halogens is 2. The van der Waals surface area contributed by atoms with Crippen LogP contribution in [0.2, 0.25) is 10.0 Å². The van der Waals surface area contributed by atoms with Crippen molar-refractivity contribution in [2.45, 2.75) is 5.75 Å². The molecule has 8 heteroatoms. The molecule has 0 fully saturated rings. The highest BCUT2D eigenvalue weighted by molar-refractivity contribution is 7.97. The van der Waals surface area contributed by atoms with Gasteiger partial charge in [0.15, 0.2) is 11.7 Å². The molecule has 0 atom stereocenters. The van der Waals surface area contributed by atoms with Crippen molar-refractivity contribution in [1.82, 2.24) is 4.98 Å². The summed E-state index contributed by atoms with van der Waals surface area (Å²) in [6, 6.07) is 4.83. The highest BCUT2D eigenvalue weighted by Gasteiger charge is 2.09. The first kappa shape index (κ1) is 16.4. The molecule has 1 aromatic carbocycles. The second kappa shape index (κ2) is 7.89. The monoisotopic (exact) mass is 362 g/mol. The van der Waals surface area contributed by atoms with Crippen LogP contribution in [0.15, 0.2) is 23.6 Å². The number of benzene rings is 1. The Bertz CT molecular complexity index is 634. The minimum absolute atomic E-state index is 0.140. The predicted molar refractivity (Wildman–Crippen MR) is 89.9 cm³/mol. The smallest absolute Gasteiger partial charge is 0.264 e. The van der Waals surface area contributed by atoms with Gasteiger partial charge in [0.1, 0.15) is 5.75 Å². The standard InChI is InChI=1S/C13H12Cl2N2O2S2/c1-20-6-9-7-21-13(16-9)17-12(18)5-19-11-3-2-8(14)4-10(11)15/h2-4,7H,5-6H2,1H3,(H,16,17,18). The van der Waals surface area contributed by atoms with Gasteiger partial charge in [0.2, 0.25) is 0 Å². The quantitative estimate of drug-likeness (QED) is 0.830. The van der Waals surface area contributed by atoms with Gasteiger partial charge in [-0.2, -0.15) is 11.8 Å². The summed E-state index contributed by atoms with van der Waals surface area (Å²) in [5.41, 5.74) is 0.949. The molecule has 21 heavy (non-hydrogen) atoms. The first-order valence-corrected chi connectivity index (χ1v) is 8.92.